The first kappa shape index (κ1) is 19.9. The third kappa shape index (κ3) is 3.38. The number of piperidine rings is 1. The number of hydrogen-bond donors (Lipinski definition) is 2. The van der Waals surface area contributed by atoms with Gasteiger partial charge in [0, 0.05) is 36.3 Å². The van der Waals surface area contributed by atoms with Gasteiger partial charge < -0.3 is 14.9 Å². The molecule has 1 aromatic rings. The Morgan fingerprint density at radius 2 is 1.93 bits per heavy atom. The zero-order valence-electron chi connectivity index (χ0n) is 15.2. The third-order valence-electron chi connectivity index (χ3n) is 5.89. The average Bonchev–Trinajstić information content (AvgIpc) is 2.62. The van der Waals surface area contributed by atoms with Gasteiger partial charge in [-0.2, -0.15) is 0 Å². The van der Waals surface area contributed by atoms with Gasteiger partial charge in [0.1, 0.15) is 24.4 Å². The van der Waals surface area contributed by atoms with Gasteiger partial charge in [-0.3, -0.25) is 14.9 Å². The van der Waals surface area contributed by atoms with Gasteiger partial charge in [-0.05, 0) is 24.1 Å². The second-order valence-corrected chi connectivity index (χ2v) is 8.89. The minimum atomic E-state index is -1.35. The molecule has 6 nitrogen and oxygen atoms in total. The zero-order valence-corrected chi connectivity index (χ0v) is 16.7. The summed E-state index contributed by atoms with van der Waals surface area (Å²) in [6.07, 6.45) is -2.44. The fourth-order valence-electron chi connectivity index (χ4n) is 4.41. The van der Waals surface area contributed by atoms with Gasteiger partial charge in [0.15, 0.2) is 0 Å². The molecule has 0 bridgehead atoms. The lowest BCUT2D eigenvalue weighted by Gasteiger charge is -2.57. The van der Waals surface area contributed by atoms with Gasteiger partial charge in [0.2, 0.25) is 5.91 Å². The Balaban J connectivity index is 1.59. The van der Waals surface area contributed by atoms with E-state index in [1.165, 1.54) is 9.80 Å². The Bertz CT molecular complexity index is 772. The van der Waals surface area contributed by atoms with Crippen molar-refractivity contribution in [2.24, 2.45) is 0 Å². The number of alkyl halides is 2. The summed E-state index contributed by atoms with van der Waals surface area (Å²) in [4.78, 5) is 29.2. The predicted molar refractivity (Wildman–Crippen MR) is 103 cm³/mol. The Kier molecular flexibility index (Phi) is 5.29. The van der Waals surface area contributed by atoms with Crippen LogP contribution in [0.3, 0.4) is 0 Å². The summed E-state index contributed by atoms with van der Waals surface area (Å²) in [6.45, 7) is 0.410. The van der Waals surface area contributed by atoms with Crippen molar-refractivity contribution in [1.82, 2.24) is 15.1 Å². The van der Waals surface area contributed by atoms with Crippen molar-refractivity contribution >= 4 is 35.0 Å². The number of carbonyl (C=O) groups is 2. The van der Waals surface area contributed by atoms with Gasteiger partial charge in [0.25, 0.3) is 5.91 Å². The van der Waals surface area contributed by atoms with Crippen LogP contribution in [0.5, 0.6) is 0 Å². The normalized spacial score (nSPS) is 36.0. The first-order valence-corrected chi connectivity index (χ1v) is 10.2. The van der Waals surface area contributed by atoms with Gasteiger partial charge in [-0.15, -0.1) is 11.6 Å². The van der Waals surface area contributed by atoms with E-state index in [-0.39, 0.29) is 49.5 Å². The van der Waals surface area contributed by atoms with Crippen molar-refractivity contribution in [1.29, 1.82) is 0 Å². The number of nitrogens with one attached hydrogen (secondary N) is 1. The number of piperazine rings is 1. The summed E-state index contributed by atoms with van der Waals surface area (Å²) in [5.41, 5.74) is -0.294. The van der Waals surface area contributed by atoms with Crippen molar-refractivity contribution < 1.29 is 19.1 Å². The highest BCUT2D eigenvalue weighted by Gasteiger charge is 2.61. The molecule has 9 heteroatoms. The van der Waals surface area contributed by atoms with E-state index >= 15 is 0 Å². The highest BCUT2D eigenvalue weighted by Crippen LogP contribution is 2.43. The molecule has 0 radical (unpaired) electrons. The SMILES string of the molecule is O=C1CN(C2NCC(Cl)CC2F)C(=O)C2(CC(O)C2)N1Cc1ccc(Cl)cc1. The number of rotatable bonds is 3. The molecule has 3 fully saturated rings. The fraction of sp³-hybridized carbons (Fsp3) is 0.579. The maximum Gasteiger partial charge on any atom is 0.250 e. The number of nitrogens with zero attached hydrogens (tertiary/aromatic N) is 2. The molecule has 1 aliphatic carbocycles. The minimum Gasteiger partial charge on any atom is -0.393 e. The molecule has 2 amide bonds. The van der Waals surface area contributed by atoms with Crippen LogP contribution in [-0.2, 0) is 16.1 Å². The lowest BCUT2D eigenvalue weighted by Crippen LogP contribution is -2.76. The van der Waals surface area contributed by atoms with E-state index in [2.05, 4.69) is 5.32 Å². The molecule has 2 N–H and O–H groups in total. The van der Waals surface area contributed by atoms with Crippen molar-refractivity contribution in [3.63, 3.8) is 0 Å². The molecule has 3 aliphatic rings. The van der Waals surface area contributed by atoms with Gasteiger partial charge >= 0.3 is 0 Å². The number of amides is 2. The van der Waals surface area contributed by atoms with E-state index in [0.29, 0.717) is 11.6 Å². The number of hydrogen-bond acceptors (Lipinski definition) is 4. The van der Waals surface area contributed by atoms with Crippen molar-refractivity contribution in [2.75, 3.05) is 13.1 Å². The summed E-state index contributed by atoms with van der Waals surface area (Å²) < 4.78 is 14.6. The molecule has 3 atom stereocenters. The average molecular weight is 430 g/mol. The molecule has 28 heavy (non-hydrogen) atoms. The summed E-state index contributed by atoms with van der Waals surface area (Å²) in [5.74, 6) is -0.581. The lowest BCUT2D eigenvalue weighted by molar-refractivity contribution is -0.187. The Morgan fingerprint density at radius 1 is 1.25 bits per heavy atom. The van der Waals surface area contributed by atoms with Gasteiger partial charge in [-0.1, -0.05) is 23.7 Å². The van der Waals surface area contributed by atoms with Crippen LogP contribution in [0.2, 0.25) is 5.02 Å². The fourth-order valence-corrected chi connectivity index (χ4v) is 4.80. The number of aliphatic hydroxyl groups is 1. The minimum absolute atomic E-state index is 0.126. The molecule has 0 aromatic heterocycles. The predicted octanol–water partition coefficient (Wildman–Crippen LogP) is 1.67. The summed E-state index contributed by atoms with van der Waals surface area (Å²) in [7, 11) is 0. The second-order valence-electron chi connectivity index (χ2n) is 7.84. The largest absolute Gasteiger partial charge is 0.393 e. The second kappa shape index (κ2) is 7.44. The molecular weight excluding hydrogens is 408 g/mol. The molecule has 1 saturated carbocycles. The Labute approximate surface area is 172 Å². The van der Waals surface area contributed by atoms with E-state index in [1.54, 1.807) is 24.3 Å². The van der Waals surface area contributed by atoms with Crippen molar-refractivity contribution in [2.45, 2.75) is 55.2 Å². The standard InChI is InChI=1S/C19H22Cl2FN3O3/c20-12-3-1-11(2-4-12)9-25-16(27)10-24(17-15(22)5-13(21)8-23-17)18(28)19(25)6-14(26)7-19/h1-4,13-15,17,23,26H,5-10H2. The number of benzene rings is 1. The lowest BCUT2D eigenvalue weighted by atomic mass is 9.70. The monoisotopic (exact) mass is 429 g/mol. The smallest absolute Gasteiger partial charge is 0.250 e. The maximum absolute atomic E-state index is 14.6. The van der Waals surface area contributed by atoms with E-state index in [4.69, 9.17) is 23.2 Å². The van der Waals surface area contributed by atoms with Crippen LogP contribution in [0.4, 0.5) is 4.39 Å². The highest BCUT2D eigenvalue weighted by atomic mass is 35.5. The topological polar surface area (TPSA) is 72.9 Å². The maximum atomic E-state index is 14.6. The summed E-state index contributed by atoms with van der Waals surface area (Å²) in [5, 5.41) is 13.1. The molecular formula is C19H22Cl2FN3O3. The van der Waals surface area contributed by atoms with E-state index in [0.717, 1.165) is 5.56 Å². The highest BCUT2D eigenvalue weighted by molar-refractivity contribution is 6.30. The van der Waals surface area contributed by atoms with Gasteiger partial charge in [0.05, 0.1) is 6.10 Å². The number of halogens is 3. The van der Waals surface area contributed by atoms with Crippen LogP contribution in [0.1, 0.15) is 24.8 Å². The van der Waals surface area contributed by atoms with Crippen molar-refractivity contribution in [3.05, 3.63) is 34.9 Å². The molecule has 2 heterocycles. The quantitative estimate of drug-likeness (QED) is 0.716. The molecule has 4 rings (SSSR count). The Morgan fingerprint density at radius 3 is 2.54 bits per heavy atom. The van der Waals surface area contributed by atoms with Crippen LogP contribution in [-0.4, -0.2) is 69.2 Å². The zero-order chi connectivity index (χ0) is 20.1. The van der Waals surface area contributed by atoms with Crippen LogP contribution >= 0.6 is 23.2 Å². The molecule has 3 unspecified atom stereocenters. The molecule has 152 valence electrons. The van der Waals surface area contributed by atoms with Crippen molar-refractivity contribution in [3.8, 4) is 0 Å². The number of aliphatic hydroxyl groups excluding tert-OH is 1. The molecule has 1 aromatic carbocycles. The molecule has 1 spiro atoms. The first-order chi connectivity index (χ1) is 13.3. The van der Waals surface area contributed by atoms with E-state index in [9.17, 15) is 19.1 Å². The van der Waals surface area contributed by atoms with Gasteiger partial charge in [-0.25, -0.2) is 4.39 Å². The third-order valence-corrected chi connectivity index (χ3v) is 6.48. The van der Waals surface area contributed by atoms with Crippen LogP contribution in [0.15, 0.2) is 24.3 Å². The first-order valence-electron chi connectivity index (χ1n) is 9.36. The van der Waals surface area contributed by atoms with E-state index in [1.807, 2.05) is 0 Å². The van der Waals surface area contributed by atoms with Crippen LogP contribution in [0.25, 0.3) is 0 Å². The molecule has 2 aliphatic heterocycles. The molecule has 2 saturated heterocycles. The number of carbonyl (C=O) groups excluding carboxylic acids is 2. The van der Waals surface area contributed by atoms with E-state index < -0.39 is 24.0 Å². The summed E-state index contributed by atoms with van der Waals surface area (Å²) >= 11 is 11.9. The summed E-state index contributed by atoms with van der Waals surface area (Å²) in [6, 6.07) is 7.06. The van der Waals surface area contributed by atoms with Crippen LogP contribution in [0, 0.1) is 0 Å². The van der Waals surface area contributed by atoms with Crippen LogP contribution < -0.4 is 5.32 Å². The Hall–Kier alpha value is -1.41.